The third kappa shape index (κ3) is 7.62. The fraction of sp³-hybridized carbons (Fsp3) is 0.500. The van der Waals surface area contributed by atoms with Crippen molar-refractivity contribution in [1.29, 1.82) is 0 Å². The number of aromatic nitrogens is 1. The molecule has 3 heterocycles. The van der Waals surface area contributed by atoms with E-state index in [4.69, 9.17) is 14.2 Å². The van der Waals surface area contributed by atoms with Gasteiger partial charge in [0, 0.05) is 56.0 Å². The molecule has 2 aromatic carbocycles. The monoisotopic (exact) mass is 614 g/mol. The van der Waals surface area contributed by atoms with E-state index in [0.717, 1.165) is 53.3 Å². The van der Waals surface area contributed by atoms with Gasteiger partial charge in [-0.1, -0.05) is 0 Å². The SMILES string of the molecule is COc1ccc2ncc(CN3CCOCC3)c(C(O)CCC3(C(=O)NO)CCN(CCOc4cc(F)cc(F)c4)CC3)c2c1. The summed E-state index contributed by atoms with van der Waals surface area (Å²) in [5, 5.41) is 22.2. The molecule has 1 aromatic heterocycles. The van der Waals surface area contributed by atoms with E-state index in [1.807, 2.05) is 29.9 Å². The summed E-state index contributed by atoms with van der Waals surface area (Å²) in [6, 6.07) is 8.65. The number of amides is 1. The Balaban J connectivity index is 1.27. The van der Waals surface area contributed by atoms with Crippen LogP contribution < -0.4 is 15.0 Å². The predicted molar refractivity (Wildman–Crippen MR) is 158 cm³/mol. The van der Waals surface area contributed by atoms with Gasteiger partial charge in [0.15, 0.2) is 0 Å². The number of hydroxylamine groups is 1. The van der Waals surface area contributed by atoms with Crippen LogP contribution in [0.2, 0.25) is 0 Å². The molecule has 3 N–H and O–H groups in total. The van der Waals surface area contributed by atoms with Gasteiger partial charge >= 0.3 is 0 Å². The number of fused-ring (bicyclic) bond motifs is 1. The Bertz CT molecular complexity index is 1410. The molecule has 0 aliphatic carbocycles. The maximum Gasteiger partial charge on any atom is 0.249 e. The first kappa shape index (κ1) is 32.0. The van der Waals surface area contributed by atoms with E-state index in [1.54, 1.807) is 7.11 Å². The van der Waals surface area contributed by atoms with E-state index in [-0.39, 0.29) is 12.4 Å². The fourth-order valence-electron chi connectivity index (χ4n) is 6.26. The molecular weight excluding hydrogens is 574 g/mol. The number of morpholine rings is 1. The summed E-state index contributed by atoms with van der Waals surface area (Å²) in [6.07, 6.45) is 2.52. The van der Waals surface area contributed by atoms with Gasteiger partial charge in [-0.05, 0) is 68.1 Å². The second kappa shape index (κ2) is 14.6. The van der Waals surface area contributed by atoms with Crippen LogP contribution in [0.1, 0.15) is 42.9 Å². The van der Waals surface area contributed by atoms with E-state index < -0.39 is 29.1 Å². The lowest BCUT2D eigenvalue weighted by Crippen LogP contribution is -2.49. The highest BCUT2D eigenvalue weighted by atomic mass is 19.1. The number of halogens is 2. The predicted octanol–water partition coefficient (Wildman–Crippen LogP) is 3.83. The average Bonchev–Trinajstić information content (AvgIpc) is 3.03. The van der Waals surface area contributed by atoms with E-state index in [0.29, 0.717) is 70.8 Å². The van der Waals surface area contributed by atoms with Gasteiger partial charge in [-0.15, -0.1) is 0 Å². The Morgan fingerprint density at radius 3 is 2.48 bits per heavy atom. The third-order valence-electron chi connectivity index (χ3n) is 8.84. The van der Waals surface area contributed by atoms with E-state index in [9.17, 15) is 23.9 Å². The van der Waals surface area contributed by atoms with Crippen molar-refractivity contribution in [1.82, 2.24) is 20.3 Å². The maximum absolute atomic E-state index is 13.5. The number of ether oxygens (including phenoxy) is 3. The van der Waals surface area contributed by atoms with Crippen molar-refractivity contribution in [3.8, 4) is 11.5 Å². The quantitative estimate of drug-likeness (QED) is 0.207. The average molecular weight is 615 g/mol. The molecule has 0 spiro atoms. The number of piperidine rings is 1. The molecule has 44 heavy (non-hydrogen) atoms. The zero-order valence-corrected chi connectivity index (χ0v) is 24.9. The van der Waals surface area contributed by atoms with Gasteiger partial charge < -0.3 is 19.3 Å². The molecule has 2 fully saturated rings. The fourth-order valence-corrected chi connectivity index (χ4v) is 6.26. The number of aliphatic hydroxyl groups is 1. The topological polar surface area (TPSA) is 117 Å². The number of nitrogens with one attached hydrogen (secondary N) is 1. The number of benzene rings is 2. The molecule has 1 amide bonds. The van der Waals surface area contributed by atoms with E-state index >= 15 is 0 Å². The van der Waals surface area contributed by atoms with Gasteiger partial charge in [0.05, 0.1) is 37.4 Å². The van der Waals surface area contributed by atoms with Gasteiger partial charge in [-0.3, -0.25) is 24.8 Å². The van der Waals surface area contributed by atoms with Crippen LogP contribution in [0.15, 0.2) is 42.6 Å². The number of methoxy groups -OCH3 is 1. The number of rotatable bonds is 12. The lowest BCUT2D eigenvalue weighted by Gasteiger charge is -2.40. The summed E-state index contributed by atoms with van der Waals surface area (Å²) < 4.78 is 43.4. The molecule has 2 aliphatic rings. The number of aliphatic hydroxyl groups excluding tert-OH is 1. The summed E-state index contributed by atoms with van der Waals surface area (Å²) in [6.45, 7) is 5.33. The third-order valence-corrected chi connectivity index (χ3v) is 8.84. The van der Waals surface area contributed by atoms with Crippen LogP contribution in [0.5, 0.6) is 11.5 Å². The van der Waals surface area contributed by atoms with Gasteiger partial charge in [-0.25, -0.2) is 14.3 Å². The Labute approximate surface area is 255 Å². The van der Waals surface area contributed by atoms with Crippen LogP contribution >= 0.6 is 0 Å². The van der Waals surface area contributed by atoms with Crippen molar-refractivity contribution < 1.29 is 38.1 Å². The van der Waals surface area contributed by atoms with Crippen molar-refractivity contribution in [2.75, 3.05) is 59.7 Å². The Kier molecular flexibility index (Phi) is 10.6. The molecule has 10 nitrogen and oxygen atoms in total. The molecule has 5 rings (SSSR count). The zero-order chi connectivity index (χ0) is 31.1. The number of hydrogen-bond donors (Lipinski definition) is 3. The number of pyridine rings is 1. The first-order chi connectivity index (χ1) is 21.3. The normalized spacial score (nSPS) is 18.2. The second-order valence-corrected chi connectivity index (χ2v) is 11.5. The lowest BCUT2D eigenvalue weighted by atomic mass is 9.73. The van der Waals surface area contributed by atoms with Crippen molar-refractivity contribution in [2.24, 2.45) is 5.41 Å². The van der Waals surface area contributed by atoms with Crippen LogP contribution in [-0.4, -0.2) is 90.7 Å². The van der Waals surface area contributed by atoms with Crippen LogP contribution in [-0.2, 0) is 16.1 Å². The maximum atomic E-state index is 13.5. The molecule has 3 aromatic rings. The summed E-state index contributed by atoms with van der Waals surface area (Å²) >= 11 is 0. The number of likely N-dealkylation sites (tertiary alicyclic amines) is 1. The first-order valence-corrected chi connectivity index (χ1v) is 15.0. The molecule has 1 unspecified atom stereocenters. The molecule has 2 aliphatic heterocycles. The van der Waals surface area contributed by atoms with Crippen molar-refractivity contribution in [3.05, 3.63) is 65.4 Å². The highest BCUT2D eigenvalue weighted by molar-refractivity contribution is 5.85. The summed E-state index contributed by atoms with van der Waals surface area (Å²) in [5.41, 5.74) is 3.41. The van der Waals surface area contributed by atoms with Crippen molar-refractivity contribution in [2.45, 2.75) is 38.3 Å². The number of carbonyl (C=O) groups excluding carboxylic acids is 1. The molecule has 2 saturated heterocycles. The molecular formula is C32H40F2N4O6. The van der Waals surface area contributed by atoms with E-state index in [1.165, 1.54) is 0 Å². The summed E-state index contributed by atoms with van der Waals surface area (Å²) in [4.78, 5) is 22.1. The number of carbonyl (C=O) groups is 1. The molecule has 238 valence electrons. The van der Waals surface area contributed by atoms with Crippen molar-refractivity contribution >= 4 is 16.8 Å². The largest absolute Gasteiger partial charge is 0.497 e. The molecule has 12 heteroatoms. The molecule has 0 saturated carbocycles. The smallest absolute Gasteiger partial charge is 0.249 e. The minimum absolute atomic E-state index is 0.122. The van der Waals surface area contributed by atoms with Gasteiger partial charge in [0.2, 0.25) is 5.91 Å². The van der Waals surface area contributed by atoms with Crippen LogP contribution in [0.3, 0.4) is 0 Å². The standard InChI is InChI=1S/C32H40F2N4O6/c1-42-25-2-3-28-27(19-25)30(22(20-35-28)21-38-10-13-43-14-11-38)29(39)4-5-32(31(40)36-41)6-8-37(9-7-32)12-15-44-26-17-23(33)16-24(34)18-26/h2-3,16-20,29,39,41H,4-15,21H2,1H3,(H,36,40). The minimum atomic E-state index is -0.884. The van der Waals surface area contributed by atoms with Gasteiger partial charge in [-0.2, -0.15) is 0 Å². The molecule has 0 radical (unpaired) electrons. The number of hydrogen-bond acceptors (Lipinski definition) is 9. The summed E-state index contributed by atoms with van der Waals surface area (Å²) in [7, 11) is 1.60. The zero-order valence-electron chi connectivity index (χ0n) is 24.9. The Morgan fingerprint density at radius 1 is 1.07 bits per heavy atom. The highest BCUT2D eigenvalue weighted by Gasteiger charge is 2.41. The Hall–Kier alpha value is -3.42. The van der Waals surface area contributed by atoms with Gasteiger partial charge in [0.1, 0.15) is 29.7 Å². The summed E-state index contributed by atoms with van der Waals surface area (Å²) in [5.74, 6) is -1.09. The van der Waals surface area contributed by atoms with E-state index in [2.05, 4.69) is 14.8 Å². The molecule has 0 bridgehead atoms. The van der Waals surface area contributed by atoms with Crippen LogP contribution in [0.4, 0.5) is 8.78 Å². The van der Waals surface area contributed by atoms with Crippen LogP contribution in [0.25, 0.3) is 10.9 Å². The van der Waals surface area contributed by atoms with Crippen LogP contribution in [0, 0.1) is 17.0 Å². The number of nitrogens with zero attached hydrogens (tertiary/aromatic N) is 3. The van der Waals surface area contributed by atoms with Gasteiger partial charge in [0.25, 0.3) is 0 Å². The minimum Gasteiger partial charge on any atom is -0.497 e. The lowest BCUT2D eigenvalue weighted by molar-refractivity contribution is -0.143. The Morgan fingerprint density at radius 2 is 1.80 bits per heavy atom. The highest BCUT2D eigenvalue weighted by Crippen LogP contribution is 2.40. The molecule has 1 atom stereocenters. The van der Waals surface area contributed by atoms with Crippen molar-refractivity contribution in [3.63, 3.8) is 0 Å². The second-order valence-electron chi connectivity index (χ2n) is 11.5. The first-order valence-electron chi connectivity index (χ1n) is 15.0.